The molecule has 1 saturated heterocycles. The van der Waals surface area contributed by atoms with Gasteiger partial charge in [0.25, 0.3) is 0 Å². The van der Waals surface area contributed by atoms with Crippen molar-refractivity contribution in [2.24, 2.45) is 0 Å². The number of pyridine rings is 1. The molecule has 1 aliphatic heterocycles. The third-order valence-corrected chi connectivity index (χ3v) is 5.57. The maximum atomic E-state index is 5.59. The van der Waals surface area contributed by atoms with Crippen molar-refractivity contribution in [1.82, 2.24) is 39.1 Å². The van der Waals surface area contributed by atoms with Crippen LogP contribution in [0.25, 0.3) is 39.7 Å². The van der Waals surface area contributed by atoms with Crippen molar-refractivity contribution in [2.45, 2.75) is 25.8 Å². The van der Waals surface area contributed by atoms with E-state index in [1.807, 2.05) is 48.2 Å². The molecule has 9 heteroatoms. The number of nitrogens with one attached hydrogen (secondary N) is 1. The quantitative estimate of drug-likeness (QED) is 0.499. The molecule has 0 aromatic carbocycles. The fourth-order valence-corrected chi connectivity index (χ4v) is 4.11. The SMILES string of the molecule is Cc1cnc(-c2nc3cnc(-c4cnn5ccccc45)nc3n2C2CCOCC2)[nH]1. The molecule has 1 N–H and O–H groups in total. The van der Waals surface area contributed by atoms with Gasteiger partial charge in [-0.1, -0.05) is 6.07 Å². The van der Waals surface area contributed by atoms with Gasteiger partial charge in [-0.3, -0.25) is 0 Å². The third-order valence-electron chi connectivity index (χ3n) is 5.57. The van der Waals surface area contributed by atoms with Crippen molar-refractivity contribution in [3.8, 4) is 23.0 Å². The number of nitrogens with zero attached hydrogens (tertiary/aromatic N) is 7. The Bertz CT molecular complexity index is 1360. The van der Waals surface area contributed by atoms with E-state index in [2.05, 4.69) is 24.6 Å². The number of H-pyrrole nitrogens is 1. The van der Waals surface area contributed by atoms with Gasteiger partial charge >= 0.3 is 0 Å². The monoisotopic (exact) mass is 400 g/mol. The van der Waals surface area contributed by atoms with E-state index >= 15 is 0 Å². The normalized spacial score (nSPS) is 15.4. The molecule has 5 aromatic rings. The summed E-state index contributed by atoms with van der Waals surface area (Å²) in [5.41, 5.74) is 4.43. The number of fused-ring (bicyclic) bond motifs is 2. The zero-order chi connectivity index (χ0) is 20.1. The number of aromatic amines is 1. The van der Waals surface area contributed by atoms with Crippen LogP contribution in [-0.4, -0.2) is 52.3 Å². The van der Waals surface area contributed by atoms with E-state index in [9.17, 15) is 0 Å². The highest BCUT2D eigenvalue weighted by atomic mass is 16.5. The first-order chi connectivity index (χ1) is 14.8. The third kappa shape index (κ3) is 2.70. The topological polar surface area (TPSA) is 98.8 Å². The van der Waals surface area contributed by atoms with Gasteiger partial charge in [-0.2, -0.15) is 5.10 Å². The van der Waals surface area contributed by atoms with Gasteiger partial charge in [0.2, 0.25) is 0 Å². The maximum absolute atomic E-state index is 5.59. The summed E-state index contributed by atoms with van der Waals surface area (Å²) >= 11 is 0. The number of hydrogen-bond donors (Lipinski definition) is 1. The molecule has 1 aliphatic rings. The molecule has 0 unspecified atom stereocenters. The zero-order valence-electron chi connectivity index (χ0n) is 16.5. The van der Waals surface area contributed by atoms with E-state index in [4.69, 9.17) is 14.7 Å². The van der Waals surface area contributed by atoms with Crippen LogP contribution in [0.5, 0.6) is 0 Å². The van der Waals surface area contributed by atoms with Crippen LogP contribution < -0.4 is 0 Å². The second-order valence-electron chi connectivity index (χ2n) is 7.55. The van der Waals surface area contributed by atoms with E-state index < -0.39 is 0 Å². The lowest BCUT2D eigenvalue weighted by Crippen LogP contribution is -2.20. The molecule has 5 aromatic heterocycles. The average molecular weight is 400 g/mol. The summed E-state index contributed by atoms with van der Waals surface area (Å²) in [6, 6.07) is 6.20. The first kappa shape index (κ1) is 17.3. The largest absolute Gasteiger partial charge is 0.381 e. The number of hydrogen-bond acceptors (Lipinski definition) is 6. The Labute approximate surface area is 171 Å². The molecule has 0 atom stereocenters. The van der Waals surface area contributed by atoms with Crippen molar-refractivity contribution in [1.29, 1.82) is 0 Å². The fourth-order valence-electron chi connectivity index (χ4n) is 4.11. The van der Waals surface area contributed by atoms with Gasteiger partial charge in [-0.25, -0.2) is 24.5 Å². The van der Waals surface area contributed by atoms with Gasteiger partial charge < -0.3 is 14.3 Å². The summed E-state index contributed by atoms with van der Waals surface area (Å²) in [5.74, 6) is 2.17. The smallest absolute Gasteiger partial charge is 0.178 e. The van der Waals surface area contributed by atoms with Crippen molar-refractivity contribution in [3.05, 3.63) is 48.7 Å². The summed E-state index contributed by atoms with van der Waals surface area (Å²) in [4.78, 5) is 22.2. The van der Waals surface area contributed by atoms with E-state index in [0.717, 1.165) is 65.6 Å². The van der Waals surface area contributed by atoms with Crippen molar-refractivity contribution in [2.75, 3.05) is 13.2 Å². The summed E-state index contributed by atoms with van der Waals surface area (Å²) in [6.07, 6.45) is 9.16. The Balaban J connectivity index is 1.57. The lowest BCUT2D eigenvalue weighted by Gasteiger charge is -2.25. The highest BCUT2D eigenvalue weighted by Crippen LogP contribution is 2.32. The number of ether oxygens (including phenoxy) is 1. The summed E-state index contributed by atoms with van der Waals surface area (Å²) in [5, 5.41) is 4.43. The van der Waals surface area contributed by atoms with Gasteiger partial charge in [-0.15, -0.1) is 0 Å². The van der Waals surface area contributed by atoms with Gasteiger partial charge in [0.15, 0.2) is 23.1 Å². The molecule has 6 heterocycles. The van der Waals surface area contributed by atoms with Crippen LogP contribution in [0.3, 0.4) is 0 Å². The van der Waals surface area contributed by atoms with Crippen LogP contribution in [0.1, 0.15) is 24.6 Å². The van der Waals surface area contributed by atoms with Crippen molar-refractivity contribution < 1.29 is 4.74 Å². The predicted octanol–water partition coefficient (Wildman–Crippen LogP) is 3.19. The molecule has 30 heavy (non-hydrogen) atoms. The summed E-state index contributed by atoms with van der Waals surface area (Å²) < 4.78 is 9.62. The van der Waals surface area contributed by atoms with Gasteiger partial charge in [0.1, 0.15) is 5.52 Å². The van der Waals surface area contributed by atoms with Gasteiger partial charge in [0.05, 0.1) is 23.5 Å². The van der Waals surface area contributed by atoms with E-state index in [-0.39, 0.29) is 6.04 Å². The molecular weight excluding hydrogens is 380 g/mol. The Morgan fingerprint density at radius 1 is 1.07 bits per heavy atom. The maximum Gasteiger partial charge on any atom is 0.178 e. The van der Waals surface area contributed by atoms with Crippen LogP contribution >= 0.6 is 0 Å². The molecule has 0 saturated carbocycles. The Kier molecular flexibility index (Phi) is 3.88. The van der Waals surface area contributed by atoms with Gasteiger partial charge in [0, 0.05) is 37.3 Å². The molecular formula is C21H20N8O. The minimum absolute atomic E-state index is 0.246. The Morgan fingerprint density at radius 3 is 2.80 bits per heavy atom. The van der Waals surface area contributed by atoms with E-state index in [0.29, 0.717) is 5.82 Å². The summed E-state index contributed by atoms with van der Waals surface area (Å²) in [7, 11) is 0. The number of rotatable bonds is 3. The van der Waals surface area contributed by atoms with E-state index in [1.54, 1.807) is 6.20 Å². The predicted molar refractivity (Wildman–Crippen MR) is 111 cm³/mol. The number of aryl methyl sites for hydroxylation is 1. The number of aromatic nitrogens is 8. The van der Waals surface area contributed by atoms with Crippen LogP contribution in [0, 0.1) is 6.92 Å². The highest BCUT2D eigenvalue weighted by Gasteiger charge is 2.25. The fraction of sp³-hybridized carbons (Fsp3) is 0.286. The average Bonchev–Trinajstić information content (AvgIpc) is 3.50. The Hall–Kier alpha value is -3.59. The van der Waals surface area contributed by atoms with E-state index in [1.165, 1.54) is 0 Å². The van der Waals surface area contributed by atoms with Crippen LogP contribution in [0.15, 0.2) is 43.0 Å². The molecule has 0 aliphatic carbocycles. The molecule has 9 nitrogen and oxygen atoms in total. The zero-order valence-corrected chi connectivity index (χ0v) is 16.5. The molecule has 0 amide bonds. The van der Waals surface area contributed by atoms with Crippen molar-refractivity contribution in [3.63, 3.8) is 0 Å². The van der Waals surface area contributed by atoms with Crippen LogP contribution in [0.2, 0.25) is 0 Å². The number of imidazole rings is 2. The molecule has 0 radical (unpaired) electrons. The minimum Gasteiger partial charge on any atom is -0.381 e. The Morgan fingerprint density at radius 2 is 1.97 bits per heavy atom. The lowest BCUT2D eigenvalue weighted by molar-refractivity contribution is 0.0708. The molecule has 0 spiro atoms. The van der Waals surface area contributed by atoms with Crippen LogP contribution in [0.4, 0.5) is 0 Å². The molecule has 6 rings (SSSR count). The van der Waals surface area contributed by atoms with Crippen molar-refractivity contribution >= 4 is 16.7 Å². The summed E-state index contributed by atoms with van der Waals surface area (Å²) in [6.45, 7) is 3.45. The first-order valence-corrected chi connectivity index (χ1v) is 10.1. The molecule has 150 valence electrons. The van der Waals surface area contributed by atoms with Gasteiger partial charge in [-0.05, 0) is 31.9 Å². The second kappa shape index (κ2) is 6.74. The first-order valence-electron chi connectivity index (χ1n) is 10.1. The molecule has 0 bridgehead atoms. The standard InChI is InChI=1S/C21H20N8O/c1-13-10-22-19(25-13)21-26-16-12-23-18(15-11-24-28-7-3-2-4-17(15)28)27-20(16)29(21)14-5-8-30-9-6-14/h2-4,7,10-12,14H,5-6,8-9H2,1H3,(H,22,25). The lowest BCUT2D eigenvalue weighted by atomic mass is 10.1. The highest BCUT2D eigenvalue weighted by molar-refractivity contribution is 5.81. The minimum atomic E-state index is 0.246. The van der Waals surface area contributed by atoms with Crippen LogP contribution in [-0.2, 0) is 4.74 Å². The second-order valence-corrected chi connectivity index (χ2v) is 7.55. The molecule has 1 fully saturated rings.